The van der Waals surface area contributed by atoms with Crippen LogP contribution in [0.25, 0.3) is 0 Å². The molecule has 26 heavy (non-hydrogen) atoms. The third-order valence-electron chi connectivity index (χ3n) is 4.15. The summed E-state index contributed by atoms with van der Waals surface area (Å²) in [7, 11) is 2.05. The van der Waals surface area contributed by atoms with Gasteiger partial charge in [0, 0.05) is 23.3 Å². The van der Waals surface area contributed by atoms with Crippen LogP contribution < -0.4 is 10.2 Å². The molecule has 2 aromatic carbocycles. The summed E-state index contributed by atoms with van der Waals surface area (Å²) in [6.45, 7) is 2.81. The van der Waals surface area contributed by atoms with Gasteiger partial charge < -0.3 is 10.2 Å². The maximum Gasteiger partial charge on any atom is 0.228 e. The number of benzene rings is 2. The molecule has 0 spiro atoms. The van der Waals surface area contributed by atoms with E-state index in [0.717, 1.165) is 33.4 Å². The molecule has 0 saturated heterocycles. The van der Waals surface area contributed by atoms with Crippen LogP contribution in [0.2, 0.25) is 4.34 Å². The molecule has 134 valence electrons. The topological polar surface area (TPSA) is 32.3 Å². The molecule has 5 heteroatoms. The molecule has 1 aromatic heterocycles. The van der Waals surface area contributed by atoms with E-state index in [1.165, 1.54) is 4.88 Å². The second-order valence-electron chi connectivity index (χ2n) is 6.27. The molecule has 3 nitrogen and oxygen atoms in total. The highest BCUT2D eigenvalue weighted by atomic mass is 35.5. The number of anilines is 2. The van der Waals surface area contributed by atoms with E-state index in [1.54, 1.807) is 11.3 Å². The van der Waals surface area contributed by atoms with Gasteiger partial charge in [-0.2, -0.15) is 0 Å². The summed E-state index contributed by atoms with van der Waals surface area (Å²) in [6.07, 6.45) is 0.376. The first-order valence-electron chi connectivity index (χ1n) is 8.41. The van der Waals surface area contributed by atoms with Gasteiger partial charge in [0.1, 0.15) is 0 Å². The van der Waals surface area contributed by atoms with Crippen LogP contribution >= 0.6 is 22.9 Å². The summed E-state index contributed by atoms with van der Waals surface area (Å²) in [5, 5.41) is 3.01. The lowest BCUT2D eigenvalue weighted by atomic mass is 10.1. The summed E-state index contributed by atoms with van der Waals surface area (Å²) in [5.74, 6) is -0.00590. The number of nitrogens with one attached hydrogen (secondary N) is 1. The monoisotopic (exact) mass is 384 g/mol. The minimum atomic E-state index is -0.00590. The third kappa shape index (κ3) is 4.87. The number of thiophene rings is 1. The fraction of sp³-hybridized carbons (Fsp3) is 0.190. The van der Waals surface area contributed by atoms with Crippen molar-refractivity contribution in [1.29, 1.82) is 0 Å². The lowest BCUT2D eigenvalue weighted by Crippen LogP contribution is -2.17. The molecule has 0 saturated carbocycles. The Bertz CT molecular complexity index is 892. The van der Waals surface area contributed by atoms with Crippen molar-refractivity contribution in [3.8, 4) is 0 Å². The van der Waals surface area contributed by atoms with Crippen LogP contribution in [0, 0.1) is 6.92 Å². The smallest absolute Gasteiger partial charge is 0.228 e. The van der Waals surface area contributed by atoms with Crippen LogP contribution in [-0.2, 0) is 17.8 Å². The molecule has 1 amide bonds. The summed E-state index contributed by atoms with van der Waals surface area (Å²) in [5.41, 5.74) is 4.00. The van der Waals surface area contributed by atoms with Gasteiger partial charge in [-0.25, -0.2) is 0 Å². The van der Waals surface area contributed by atoms with Gasteiger partial charge in [0.15, 0.2) is 0 Å². The summed E-state index contributed by atoms with van der Waals surface area (Å²) >= 11 is 7.60. The van der Waals surface area contributed by atoms with Crippen molar-refractivity contribution >= 4 is 40.2 Å². The molecular formula is C21H21ClN2OS. The largest absolute Gasteiger partial charge is 0.369 e. The Morgan fingerprint density at radius 2 is 1.88 bits per heavy atom. The van der Waals surface area contributed by atoms with Crippen molar-refractivity contribution in [1.82, 2.24) is 0 Å². The van der Waals surface area contributed by atoms with Crippen molar-refractivity contribution in [2.24, 2.45) is 0 Å². The van der Waals surface area contributed by atoms with Gasteiger partial charge in [-0.1, -0.05) is 41.9 Å². The van der Waals surface area contributed by atoms with Crippen molar-refractivity contribution in [2.75, 3.05) is 17.3 Å². The maximum atomic E-state index is 12.3. The standard InChI is InChI=1S/C21H21ClN2OS/c1-15-12-17(24(2)14-18-9-11-20(22)26-18)8-10-19(15)23-21(25)13-16-6-4-3-5-7-16/h3-12H,13-14H2,1-2H3,(H,23,25). The van der Waals surface area contributed by atoms with E-state index >= 15 is 0 Å². The van der Waals surface area contributed by atoms with Crippen molar-refractivity contribution < 1.29 is 4.79 Å². The molecule has 0 unspecified atom stereocenters. The van der Waals surface area contributed by atoms with Crippen LogP contribution in [0.15, 0.2) is 60.7 Å². The van der Waals surface area contributed by atoms with Crippen molar-refractivity contribution in [2.45, 2.75) is 19.9 Å². The molecule has 0 aliphatic heterocycles. The third-order valence-corrected chi connectivity index (χ3v) is 5.37. The Labute approximate surface area is 163 Å². The first-order chi connectivity index (χ1) is 12.5. The lowest BCUT2D eigenvalue weighted by molar-refractivity contribution is -0.115. The van der Waals surface area contributed by atoms with Gasteiger partial charge in [-0.15, -0.1) is 11.3 Å². The van der Waals surface area contributed by atoms with Gasteiger partial charge in [0.05, 0.1) is 17.3 Å². The molecule has 3 aromatic rings. The minimum absolute atomic E-state index is 0.00590. The van der Waals surface area contributed by atoms with Crippen molar-refractivity contribution in [3.05, 3.63) is 81.0 Å². The Balaban J connectivity index is 1.64. The second kappa shape index (κ2) is 8.39. The van der Waals surface area contributed by atoms with Gasteiger partial charge in [0.2, 0.25) is 5.91 Å². The fourth-order valence-electron chi connectivity index (χ4n) is 2.76. The van der Waals surface area contributed by atoms with Crippen LogP contribution in [0.4, 0.5) is 11.4 Å². The predicted molar refractivity (Wildman–Crippen MR) is 111 cm³/mol. The van der Waals surface area contributed by atoms with E-state index in [1.807, 2.05) is 55.5 Å². The summed E-state index contributed by atoms with van der Waals surface area (Å²) < 4.78 is 0.807. The van der Waals surface area contributed by atoms with Gasteiger partial charge in [-0.3, -0.25) is 4.79 Å². The normalized spacial score (nSPS) is 10.6. The SMILES string of the molecule is Cc1cc(N(C)Cc2ccc(Cl)s2)ccc1NC(=O)Cc1ccccc1. The van der Waals surface area contributed by atoms with Gasteiger partial charge in [0.25, 0.3) is 0 Å². The molecule has 0 radical (unpaired) electrons. The Morgan fingerprint density at radius 3 is 2.54 bits per heavy atom. The quantitative estimate of drug-likeness (QED) is 0.606. The molecule has 0 fully saturated rings. The number of halogens is 1. The molecule has 0 bridgehead atoms. The van der Waals surface area contributed by atoms with E-state index in [4.69, 9.17) is 11.6 Å². The average Bonchev–Trinajstić information content (AvgIpc) is 3.02. The highest BCUT2D eigenvalue weighted by Crippen LogP contribution is 2.26. The van der Waals surface area contributed by atoms with Crippen LogP contribution in [-0.4, -0.2) is 13.0 Å². The zero-order chi connectivity index (χ0) is 18.5. The number of rotatable bonds is 6. The highest BCUT2D eigenvalue weighted by molar-refractivity contribution is 7.16. The van der Waals surface area contributed by atoms with Gasteiger partial charge >= 0.3 is 0 Å². The number of nitrogens with zero attached hydrogens (tertiary/aromatic N) is 1. The molecule has 3 rings (SSSR count). The number of carbonyl (C=O) groups excluding carboxylic acids is 1. The zero-order valence-corrected chi connectivity index (χ0v) is 16.4. The van der Waals surface area contributed by atoms with E-state index in [2.05, 4.69) is 29.4 Å². The molecule has 1 N–H and O–H groups in total. The molecule has 0 aliphatic rings. The van der Waals surface area contributed by atoms with E-state index in [9.17, 15) is 4.79 Å². The van der Waals surface area contributed by atoms with E-state index in [-0.39, 0.29) is 5.91 Å². The predicted octanol–water partition coefficient (Wildman–Crippen LogP) is 5.53. The summed E-state index contributed by atoms with van der Waals surface area (Å²) in [4.78, 5) is 15.7. The first-order valence-corrected chi connectivity index (χ1v) is 9.60. The molecular weight excluding hydrogens is 364 g/mol. The fourth-order valence-corrected chi connectivity index (χ4v) is 3.90. The average molecular weight is 385 g/mol. The Hall–Kier alpha value is -2.30. The number of carbonyl (C=O) groups is 1. The Kier molecular flexibility index (Phi) is 5.96. The lowest BCUT2D eigenvalue weighted by Gasteiger charge is -2.20. The molecule has 0 atom stereocenters. The summed E-state index contributed by atoms with van der Waals surface area (Å²) in [6, 6.07) is 19.8. The first kappa shape index (κ1) is 18.5. The Morgan fingerprint density at radius 1 is 1.12 bits per heavy atom. The molecule has 0 aliphatic carbocycles. The van der Waals surface area contributed by atoms with E-state index in [0.29, 0.717) is 6.42 Å². The number of amides is 1. The van der Waals surface area contributed by atoms with E-state index < -0.39 is 0 Å². The number of hydrogen-bond acceptors (Lipinski definition) is 3. The van der Waals surface area contributed by atoms with Crippen LogP contribution in [0.3, 0.4) is 0 Å². The maximum absolute atomic E-state index is 12.3. The van der Waals surface area contributed by atoms with Crippen molar-refractivity contribution in [3.63, 3.8) is 0 Å². The van der Waals surface area contributed by atoms with Crippen LogP contribution in [0.5, 0.6) is 0 Å². The highest BCUT2D eigenvalue weighted by Gasteiger charge is 2.09. The second-order valence-corrected chi connectivity index (χ2v) is 8.07. The van der Waals surface area contributed by atoms with Crippen LogP contribution in [0.1, 0.15) is 16.0 Å². The number of hydrogen-bond donors (Lipinski definition) is 1. The zero-order valence-electron chi connectivity index (χ0n) is 14.8. The minimum Gasteiger partial charge on any atom is -0.369 e. The number of aryl methyl sites for hydroxylation is 1. The van der Waals surface area contributed by atoms with Gasteiger partial charge in [-0.05, 0) is 48.4 Å². The molecule has 1 heterocycles.